The molecule has 0 unspecified atom stereocenters. The molecule has 2 heterocycles. The lowest BCUT2D eigenvalue weighted by molar-refractivity contribution is 0.600. The molecule has 0 radical (unpaired) electrons. The Kier molecular flexibility index (Phi) is 6.46. The van der Waals surface area contributed by atoms with Gasteiger partial charge in [-0.3, -0.25) is 9.40 Å². The Morgan fingerprint density at radius 3 is 2.00 bits per heavy atom. The van der Waals surface area contributed by atoms with E-state index >= 15 is 0 Å². The van der Waals surface area contributed by atoms with Crippen LogP contribution in [0.5, 0.6) is 0 Å². The lowest BCUT2D eigenvalue weighted by atomic mass is 9.91. The summed E-state index contributed by atoms with van der Waals surface area (Å²) in [6, 6.07) is 23.8. The third-order valence-corrected chi connectivity index (χ3v) is 7.02. The van der Waals surface area contributed by atoms with E-state index in [4.69, 9.17) is 0 Å². The second-order valence-corrected chi connectivity index (χ2v) is 9.59. The summed E-state index contributed by atoms with van der Waals surface area (Å²) < 4.78 is 30.0. The first-order valence-corrected chi connectivity index (χ1v) is 12.2. The van der Waals surface area contributed by atoms with E-state index in [9.17, 15) is 8.42 Å². The number of hydrogen-bond donors (Lipinski definition) is 2. The quantitative estimate of drug-likeness (QED) is 0.404. The average molecular weight is 462 g/mol. The molecular formula is C25H27N5O2S. The molecule has 0 aliphatic heterocycles. The fourth-order valence-corrected chi connectivity index (χ4v) is 4.88. The van der Waals surface area contributed by atoms with Gasteiger partial charge in [-0.25, -0.2) is 13.4 Å². The summed E-state index contributed by atoms with van der Waals surface area (Å²) in [5.41, 5.74) is 4.25. The average Bonchev–Trinajstić information content (AvgIpc) is 3.06. The minimum atomic E-state index is -3.77. The number of aromatic nitrogens is 3. The summed E-state index contributed by atoms with van der Waals surface area (Å²) in [5.74, 6) is 0.746. The number of nitrogens with zero attached hydrogens (tertiary/aromatic N) is 3. The largest absolute Gasteiger partial charge is 0.369 e. The first-order chi connectivity index (χ1) is 15.8. The SMILES string of the molecule is Cc1nn(C)c(C)c1NS(=O)(=O)c1ccc(NCC(c2ccccc2)c2ccccc2)nc1. The van der Waals surface area contributed by atoms with Crippen molar-refractivity contribution in [1.29, 1.82) is 0 Å². The van der Waals surface area contributed by atoms with Gasteiger partial charge in [0, 0.05) is 25.7 Å². The summed E-state index contributed by atoms with van der Waals surface area (Å²) >= 11 is 0. The first-order valence-electron chi connectivity index (χ1n) is 10.7. The number of pyridine rings is 1. The molecule has 0 saturated carbocycles. The highest BCUT2D eigenvalue weighted by Crippen LogP contribution is 2.26. The van der Waals surface area contributed by atoms with Crippen LogP contribution in [-0.4, -0.2) is 29.7 Å². The Morgan fingerprint density at radius 2 is 1.52 bits per heavy atom. The van der Waals surface area contributed by atoms with E-state index in [1.807, 2.05) is 43.3 Å². The highest BCUT2D eigenvalue weighted by atomic mass is 32.2. The Morgan fingerprint density at radius 1 is 0.909 bits per heavy atom. The number of benzene rings is 2. The molecule has 8 heteroatoms. The van der Waals surface area contributed by atoms with Crippen molar-refractivity contribution in [3.05, 3.63) is 102 Å². The molecule has 0 fully saturated rings. The molecule has 0 saturated heterocycles. The maximum absolute atomic E-state index is 12.9. The highest BCUT2D eigenvalue weighted by Gasteiger charge is 2.20. The fraction of sp³-hybridized carbons (Fsp3) is 0.200. The zero-order valence-electron chi connectivity index (χ0n) is 18.9. The van der Waals surface area contributed by atoms with Crippen LogP contribution in [0.2, 0.25) is 0 Å². The first kappa shape index (κ1) is 22.5. The zero-order chi connectivity index (χ0) is 23.4. The molecule has 4 aromatic rings. The van der Waals surface area contributed by atoms with Gasteiger partial charge >= 0.3 is 0 Å². The number of anilines is 2. The monoisotopic (exact) mass is 461 g/mol. The fourth-order valence-electron chi connectivity index (χ4n) is 3.76. The van der Waals surface area contributed by atoms with E-state index in [1.54, 1.807) is 30.8 Å². The molecule has 170 valence electrons. The van der Waals surface area contributed by atoms with Crippen molar-refractivity contribution in [2.45, 2.75) is 24.7 Å². The lowest BCUT2D eigenvalue weighted by Gasteiger charge is -2.19. The lowest BCUT2D eigenvalue weighted by Crippen LogP contribution is -2.16. The van der Waals surface area contributed by atoms with Crippen molar-refractivity contribution in [2.24, 2.45) is 7.05 Å². The Bertz CT molecular complexity index is 1280. The number of sulfonamides is 1. The Labute approximate surface area is 194 Å². The number of aryl methyl sites for hydroxylation is 2. The van der Waals surface area contributed by atoms with Crippen LogP contribution in [-0.2, 0) is 17.1 Å². The van der Waals surface area contributed by atoms with Gasteiger partial charge < -0.3 is 5.32 Å². The van der Waals surface area contributed by atoms with Gasteiger partial charge in [0.05, 0.1) is 17.1 Å². The number of rotatable bonds is 8. The maximum atomic E-state index is 12.9. The molecule has 0 atom stereocenters. The van der Waals surface area contributed by atoms with Gasteiger partial charge in [-0.2, -0.15) is 5.10 Å². The second-order valence-electron chi connectivity index (χ2n) is 7.91. The molecule has 0 aliphatic carbocycles. The molecule has 0 aliphatic rings. The Hall–Kier alpha value is -3.65. The van der Waals surface area contributed by atoms with Crippen molar-refractivity contribution in [3.8, 4) is 0 Å². The van der Waals surface area contributed by atoms with Crippen LogP contribution in [0.1, 0.15) is 28.4 Å². The van der Waals surface area contributed by atoms with Crippen LogP contribution >= 0.6 is 0 Å². The third-order valence-electron chi connectivity index (χ3n) is 5.68. The van der Waals surface area contributed by atoms with Gasteiger partial charge in [0.1, 0.15) is 10.7 Å². The second kappa shape index (κ2) is 9.46. The van der Waals surface area contributed by atoms with E-state index in [-0.39, 0.29) is 10.8 Å². The third kappa shape index (κ3) is 5.06. The van der Waals surface area contributed by atoms with Crippen LogP contribution in [0.15, 0.2) is 83.9 Å². The molecule has 2 aromatic carbocycles. The number of hydrogen-bond acceptors (Lipinski definition) is 5. The van der Waals surface area contributed by atoms with Crippen LogP contribution in [0.3, 0.4) is 0 Å². The van der Waals surface area contributed by atoms with Crippen molar-refractivity contribution in [3.63, 3.8) is 0 Å². The normalized spacial score (nSPS) is 11.5. The van der Waals surface area contributed by atoms with Gasteiger partial charge in [0.25, 0.3) is 10.0 Å². The topological polar surface area (TPSA) is 88.9 Å². The van der Waals surface area contributed by atoms with Crippen LogP contribution in [0, 0.1) is 13.8 Å². The molecule has 2 aromatic heterocycles. The smallest absolute Gasteiger partial charge is 0.263 e. The van der Waals surface area contributed by atoms with Crippen LogP contribution < -0.4 is 10.0 Å². The van der Waals surface area contributed by atoms with Gasteiger partial charge in [-0.15, -0.1) is 0 Å². The summed E-state index contributed by atoms with van der Waals surface area (Å²) in [5, 5.41) is 7.61. The van der Waals surface area contributed by atoms with E-state index < -0.39 is 10.0 Å². The van der Waals surface area contributed by atoms with E-state index in [0.29, 0.717) is 23.7 Å². The molecule has 0 amide bonds. The van der Waals surface area contributed by atoms with Gasteiger partial charge in [-0.1, -0.05) is 60.7 Å². The van der Waals surface area contributed by atoms with Crippen molar-refractivity contribution in [1.82, 2.24) is 14.8 Å². The van der Waals surface area contributed by atoms with Crippen LogP contribution in [0.4, 0.5) is 11.5 Å². The molecule has 33 heavy (non-hydrogen) atoms. The van der Waals surface area contributed by atoms with Gasteiger partial charge in [-0.05, 0) is 37.1 Å². The predicted octanol–water partition coefficient (Wildman–Crippen LogP) is 4.48. The number of nitrogens with one attached hydrogen (secondary N) is 2. The van der Waals surface area contributed by atoms with E-state index in [2.05, 4.69) is 44.4 Å². The minimum Gasteiger partial charge on any atom is -0.369 e. The maximum Gasteiger partial charge on any atom is 0.263 e. The molecule has 7 nitrogen and oxygen atoms in total. The van der Waals surface area contributed by atoms with E-state index in [0.717, 1.165) is 5.69 Å². The van der Waals surface area contributed by atoms with Crippen molar-refractivity contribution < 1.29 is 8.42 Å². The molecule has 4 rings (SSSR count). The summed E-state index contributed by atoms with van der Waals surface area (Å²) in [6.45, 7) is 4.21. The van der Waals surface area contributed by atoms with Gasteiger partial charge in [0.2, 0.25) is 0 Å². The highest BCUT2D eigenvalue weighted by molar-refractivity contribution is 7.92. The Balaban J connectivity index is 1.50. The standard InChI is InChI=1S/C25H27N5O2S/c1-18-25(19(2)30(3)28-18)29-33(31,32)22-14-15-24(26-16-22)27-17-23(20-10-6-4-7-11-20)21-12-8-5-9-13-21/h4-16,23,29H,17H2,1-3H3,(H,26,27). The molecule has 0 spiro atoms. The minimum absolute atomic E-state index is 0.0957. The van der Waals surface area contributed by atoms with Gasteiger partial charge in [0.15, 0.2) is 0 Å². The molecule has 0 bridgehead atoms. The molecule has 2 N–H and O–H groups in total. The van der Waals surface area contributed by atoms with Crippen LogP contribution in [0.25, 0.3) is 0 Å². The van der Waals surface area contributed by atoms with Crippen molar-refractivity contribution in [2.75, 3.05) is 16.6 Å². The summed E-state index contributed by atoms with van der Waals surface area (Å²) in [4.78, 5) is 4.44. The summed E-state index contributed by atoms with van der Waals surface area (Å²) in [7, 11) is -1.99. The van der Waals surface area contributed by atoms with E-state index in [1.165, 1.54) is 17.3 Å². The zero-order valence-corrected chi connectivity index (χ0v) is 19.7. The summed E-state index contributed by atoms with van der Waals surface area (Å²) in [6.07, 6.45) is 1.37. The predicted molar refractivity (Wildman–Crippen MR) is 131 cm³/mol. The molecular weight excluding hydrogens is 434 g/mol. The van der Waals surface area contributed by atoms with Crippen molar-refractivity contribution >= 4 is 21.5 Å².